The summed E-state index contributed by atoms with van der Waals surface area (Å²) >= 11 is 0. The number of nitrogens with zero attached hydrogens (tertiary/aromatic N) is 1. The molecule has 0 aliphatic heterocycles. The fraction of sp³-hybridized carbons (Fsp3) is 0.889. The van der Waals surface area contributed by atoms with Gasteiger partial charge in [0, 0.05) is 20.2 Å². The highest BCUT2D eigenvalue weighted by atomic mass is 16.5. The molecule has 0 aromatic heterocycles. The zero-order chi connectivity index (χ0) is 10.8. The molecule has 5 nitrogen and oxygen atoms in total. The third kappa shape index (κ3) is 5.77. The van der Waals surface area contributed by atoms with Crippen LogP contribution in [-0.4, -0.2) is 51.1 Å². The van der Waals surface area contributed by atoms with E-state index in [0.29, 0.717) is 26.3 Å². The lowest BCUT2D eigenvalue weighted by Crippen LogP contribution is -2.40. The van der Waals surface area contributed by atoms with Gasteiger partial charge in [-0.3, -0.25) is 0 Å². The van der Waals surface area contributed by atoms with Crippen molar-refractivity contribution in [3.05, 3.63) is 0 Å². The summed E-state index contributed by atoms with van der Waals surface area (Å²) in [6.45, 7) is 6.57. The number of nitrogens with one attached hydrogen (secondary N) is 1. The van der Waals surface area contributed by atoms with Crippen molar-refractivity contribution in [1.82, 2.24) is 10.2 Å². The maximum atomic E-state index is 11.3. The average Bonchev–Trinajstić information content (AvgIpc) is 2.19. The lowest BCUT2D eigenvalue weighted by Gasteiger charge is -2.18. The fourth-order valence-electron chi connectivity index (χ4n) is 0.950. The maximum Gasteiger partial charge on any atom is 0.319 e. The van der Waals surface area contributed by atoms with Crippen LogP contribution < -0.4 is 5.32 Å². The van der Waals surface area contributed by atoms with E-state index in [2.05, 4.69) is 5.32 Å². The first kappa shape index (κ1) is 13.2. The van der Waals surface area contributed by atoms with Crippen molar-refractivity contribution < 1.29 is 14.3 Å². The molecular formula is C9H20N2O3. The first-order valence-corrected chi connectivity index (χ1v) is 4.85. The molecule has 0 aliphatic carbocycles. The molecule has 0 aliphatic rings. The van der Waals surface area contributed by atoms with Crippen molar-refractivity contribution in [2.45, 2.75) is 13.8 Å². The van der Waals surface area contributed by atoms with Gasteiger partial charge in [-0.05, 0) is 13.8 Å². The van der Waals surface area contributed by atoms with Crippen LogP contribution in [0.2, 0.25) is 0 Å². The van der Waals surface area contributed by atoms with E-state index in [1.165, 1.54) is 0 Å². The van der Waals surface area contributed by atoms with E-state index in [-0.39, 0.29) is 12.8 Å². The number of amides is 2. The van der Waals surface area contributed by atoms with Crippen LogP contribution in [-0.2, 0) is 9.47 Å². The summed E-state index contributed by atoms with van der Waals surface area (Å²) in [7, 11) is 1.61. The van der Waals surface area contributed by atoms with E-state index in [1.54, 1.807) is 12.0 Å². The first-order valence-electron chi connectivity index (χ1n) is 4.85. The number of rotatable bonds is 7. The summed E-state index contributed by atoms with van der Waals surface area (Å²) < 4.78 is 9.89. The highest BCUT2D eigenvalue weighted by molar-refractivity contribution is 5.73. The van der Waals surface area contributed by atoms with Crippen molar-refractivity contribution >= 4 is 6.03 Å². The topological polar surface area (TPSA) is 50.8 Å². The van der Waals surface area contributed by atoms with Crippen LogP contribution in [0.15, 0.2) is 0 Å². The van der Waals surface area contributed by atoms with Crippen LogP contribution in [0.4, 0.5) is 4.79 Å². The maximum absolute atomic E-state index is 11.3. The van der Waals surface area contributed by atoms with Gasteiger partial charge in [0.05, 0.1) is 13.2 Å². The predicted molar refractivity (Wildman–Crippen MR) is 54.1 cm³/mol. The Balaban J connectivity index is 3.43. The molecule has 0 aromatic carbocycles. The Bertz CT molecular complexity index is 149. The Morgan fingerprint density at radius 1 is 1.29 bits per heavy atom. The van der Waals surface area contributed by atoms with Crippen LogP contribution >= 0.6 is 0 Å². The minimum absolute atomic E-state index is 0.0904. The molecule has 5 heteroatoms. The Morgan fingerprint density at radius 3 is 2.43 bits per heavy atom. The van der Waals surface area contributed by atoms with E-state index in [9.17, 15) is 4.79 Å². The fourth-order valence-corrected chi connectivity index (χ4v) is 0.950. The monoisotopic (exact) mass is 204 g/mol. The van der Waals surface area contributed by atoms with Gasteiger partial charge in [-0.2, -0.15) is 0 Å². The Hall–Kier alpha value is -0.810. The van der Waals surface area contributed by atoms with Gasteiger partial charge < -0.3 is 19.7 Å². The van der Waals surface area contributed by atoms with Crippen LogP contribution in [0, 0.1) is 0 Å². The Kier molecular flexibility index (Phi) is 8.27. The van der Waals surface area contributed by atoms with Crippen LogP contribution in [0.5, 0.6) is 0 Å². The molecule has 0 bridgehead atoms. The summed E-state index contributed by atoms with van der Waals surface area (Å²) in [6, 6.07) is -0.0904. The molecule has 0 fully saturated rings. The number of carbonyl (C=O) groups is 1. The van der Waals surface area contributed by atoms with Crippen LogP contribution in [0.25, 0.3) is 0 Å². The minimum atomic E-state index is -0.0904. The van der Waals surface area contributed by atoms with E-state index in [0.717, 1.165) is 0 Å². The van der Waals surface area contributed by atoms with Gasteiger partial charge in [-0.15, -0.1) is 0 Å². The van der Waals surface area contributed by atoms with E-state index in [1.807, 2.05) is 13.8 Å². The summed E-state index contributed by atoms with van der Waals surface area (Å²) in [6.07, 6.45) is 0. The molecular weight excluding hydrogens is 184 g/mol. The van der Waals surface area contributed by atoms with Gasteiger partial charge in [-0.1, -0.05) is 0 Å². The van der Waals surface area contributed by atoms with Gasteiger partial charge in [0.15, 0.2) is 0 Å². The molecule has 0 saturated heterocycles. The third-order valence-corrected chi connectivity index (χ3v) is 1.81. The van der Waals surface area contributed by atoms with Crippen molar-refractivity contribution in [3.8, 4) is 0 Å². The number of methoxy groups -OCH3 is 1. The molecule has 1 N–H and O–H groups in total. The molecule has 2 amide bonds. The number of hydrogen-bond donors (Lipinski definition) is 1. The van der Waals surface area contributed by atoms with Gasteiger partial charge in [0.2, 0.25) is 0 Å². The van der Waals surface area contributed by atoms with E-state index >= 15 is 0 Å². The van der Waals surface area contributed by atoms with Gasteiger partial charge >= 0.3 is 6.03 Å². The van der Waals surface area contributed by atoms with Crippen molar-refractivity contribution in [2.75, 3.05) is 40.1 Å². The van der Waals surface area contributed by atoms with Crippen molar-refractivity contribution in [2.24, 2.45) is 0 Å². The normalized spacial score (nSPS) is 9.93. The molecule has 0 saturated carbocycles. The molecule has 0 radical (unpaired) electrons. The standard InChI is InChI=1S/C9H20N2O3/c1-4-11(5-2)9(12)10-8-14-7-6-13-3/h4-8H2,1-3H3,(H,10,12). The van der Waals surface area contributed by atoms with Crippen LogP contribution in [0.1, 0.15) is 13.8 Å². The second-order valence-corrected chi connectivity index (χ2v) is 2.70. The summed E-state index contributed by atoms with van der Waals surface area (Å²) in [5.74, 6) is 0. The van der Waals surface area contributed by atoms with Crippen molar-refractivity contribution in [1.29, 1.82) is 0 Å². The largest absolute Gasteiger partial charge is 0.382 e. The smallest absolute Gasteiger partial charge is 0.319 e. The summed E-state index contributed by atoms with van der Waals surface area (Å²) in [4.78, 5) is 13.0. The zero-order valence-corrected chi connectivity index (χ0v) is 9.21. The third-order valence-electron chi connectivity index (χ3n) is 1.81. The van der Waals surface area contributed by atoms with Crippen LogP contribution in [0.3, 0.4) is 0 Å². The molecule has 0 heterocycles. The number of carbonyl (C=O) groups excluding carboxylic acids is 1. The second-order valence-electron chi connectivity index (χ2n) is 2.70. The molecule has 0 spiro atoms. The number of ether oxygens (including phenoxy) is 2. The summed E-state index contributed by atoms with van der Waals surface area (Å²) in [5.41, 5.74) is 0. The molecule has 14 heavy (non-hydrogen) atoms. The SMILES string of the molecule is CCN(CC)C(=O)NCOCCOC. The zero-order valence-electron chi connectivity index (χ0n) is 9.21. The molecule has 0 rings (SSSR count). The number of hydrogen-bond acceptors (Lipinski definition) is 3. The quantitative estimate of drug-likeness (QED) is 0.489. The van der Waals surface area contributed by atoms with Gasteiger partial charge in [-0.25, -0.2) is 4.79 Å². The lowest BCUT2D eigenvalue weighted by molar-refractivity contribution is 0.0619. The molecule has 0 atom stereocenters. The molecule has 0 aromatic rings. The van der Waals surface area contributed by atoms with E-state index in [4.69, 9.17) is 9.47 Å². The Labute approximate surface area is 85.4 Å². The second kappa shape index (κ2) is 8.77. The highest BCUT2D eigenvalue weighted by Gasteiger charge is 2.06. The van der Waals surface area contributed by atoms with Gasteiger partial charge in [0.25, 0.3) is 0 Å². The first-order chi connectivity index (χ1) is 6.76. The predicted octanol–water partition coefficient (Wildman–Crippen LogP) is 0.658. The van der Waals surface area contributed by atoms with Crippen molar-refractivity contribution in [3.63, 3.8) is 0 Å². The minimum Gasteiger partial charge on any atom is -0.382 e. The molecule has 0 unspecified atom stereocenters. The average molecular weight is 204 g/mol. The highest BCUT2D eigenvalue weighted by Crippen LogP contribution is 1.87. The Morgan fingerprint density at radius 2 is 1.93 bits per heavy atom. The lowest BCUT2D eigenvalue weighted by atomic mass is 10.5. The summed E-state index contributed by atoms with van der Waals surface area (Å²) in [5, 5.41) is 2.65. The molecule has 84 valence electrons. The number of urea groups is 1. The van der Waals surface area contributed by atoms with Gasteiger partial charge in [0.1, 0.15) is 6.73 Å². The van der Waals surface area contributed by atoms with E-state index < -0.39 is 0 Å².